The standard InChI is InChI=1S/C25H18N2O/c1-17-12-13-20-21(15-17)25(28)27(23(20)16-18-7-3-2-4-8-18)22-11-5-9-19-10-6-14-26-24(19)22/h2-16H,1H3/b23-16-. The molecule has 1 aromatic heterocycles. The molecule has 3 nitrogen and oxygen atoms in total. The van der Waals surface area contributed by atoms with Gasteiger partial charge in [-0.25, -0.2) is 0 Å². The molecule has 5 rings (SSSR count). The molecule has 0 fully saturated rings. The summed E-state index contributed by atoms with van der Waals surface area (Å²) in [7, 11) is 0. The number of hydrogen-bond acceptors (Lipinski definition) is 2. The zero-order valence-corrected chi connectivity index (χ0v) is 15.5. The number of para-hydroxylation sites is 1. The fourth-order valence-electron chi connectivity index (χ4n) is 3.77. The second kappa shape index (κ2) is 6.46. The van der Waals surface area contributed by atoms with Crippen molar-refractivity contribution in [2.45, 2.75) is 6.92 Å². The molecule has 1 amide bonds. The SMILES string of the molecule is Cc1ccc2c(c1)C(=O)N(c1cccc3cccnc13)/C2=C\c1ccccc1. The predicted octanol–water partition coefficient (Wildman–Crippen LogP) is 5.70. The Kier molecular flexibility index (Phi) is 3.80. The zero-order chi connectivity index (χ0) is 19.1. The van der Waals surface area contributed by atoms with Gasteiger partial charge in [0, 0.05) is 22.7 Å². The van der Waals surface area contributed by atoms with Gasteiger partial charge in [0.1, 0.15) is 0 Å². The molecule has 0 N–H and O–H groups in total. The number of nitrogens with zero attached hydrogens (tertiary/aromatic N) is 2. The maximum absolute atomic E-state index is 13.5. The summed E-state index contributed by atoms with van der Waals surface area (Å²) in [4.78, 5) is 19.8. The van der Waals surface area contributed by atoms with Gasteiger partial charge in [0.05, 0.1) is 16.9 Å². The van der Waals surface area contributed by atoms with Crippen LogP contribution in [0.3, 0.4) is 0 Å². The fourth-order valence-corrected chi connectivity index (χ4v) is 3.77. The van der Waals surface area contributed by atoms with Crippen LogP contribution in [0.5, 0.6) is 0 Å². The highest BCUT2D eigenvalue weighted by Crippen LogP contribution is 2.40. The molecule has 28 heavy (non-hydrogen) atoms. The lowest BCUT2D eigenvalue weighted by Crippen LogP contribution is -2.22. The number of carbonyl (C=O) groups excluding carboxylic acids is 1. The highest BCUT2D eigenvalue weighted by atomic mass is 16.2. The molecule has 0 unspecified atom stereocenters. The number of benzene rings is 3. The number of hydrogen-bond donors (Lipinski definition) is 0. The Bertz CT molecular complexity index is 1240. The number of fused-ring (bicyclic) bond motifs is 2. The predicted molar refractivity (Wildman–Crippen MR) is 114 cm³/mol. The van der Waals surface area contributed by atoms with Crippen molar-refractivity contribution in [1.29, 1.82) is 0 Å². The molecule has 0 spiro atoms. The smallest absolute Gasteiger partial charge is 0.263 e. The van der Waals surface area contributed by atoms with E-state index in [0.29, 0.717) is 0 Å². The molecule has 3 aromatic carbocycles. The van der Waals surface area contributed by atoms with Gasteiger partial charge in [-0.05, 0) is 36.8 Å². The van der Waals surface area contributed by atoms with Crippen LogP contribution in [-0.4, -0.2) is 10.9 Å². The minimum Gasteiger partial charge on any atom is -0.274 e. The van der Waals surface area contributed by atoms with E-state index in [0.717, 1.165) is 44.5 Å². The third-order valence-corrected chi connectivity index (χ3v) is 5.08. The van der Waals surface area contributed by atoms with Crippen LogP contribution >= 0.6 is 0 Å². The quantitative estimate of drug-likeness (QED) is 0.458. The maximum Gasteiger partial charge on any atom is 0.263 e. The van der Waals surface area contributed by atoms with Gasteiger partial charge in [0.15, 0.2) is 0 Å². The van der Waals surface area contributed by atoms with E-state index in [2.05, 4.69) is 17.1 Å². The Morgan fingerprint density at radius 2 is 1.68 bits per heavy atom. The number of pyridine rings is 1. The van der Waals surface area contributed by atoms with Gasteiger partial charge < -0.3 is 0 Å². The summed E-state index contributed by atoms with van der Waals surface area (Å²) < 4.78 is 0. The number of anilines is 1. The van der Waals surface area contributed by atoms with E-state index >= 15 is 0 Å². The van der Waals surface area contributed by atoms with Crippen molar-refractivity contribution in [3.05, 3.63) is 107 Å². The number of amides is 1. The number of carbonyl (C=O) groups is 1. The molecule has 0 aliphatic carbocycles. The van der Waals surface area contributed by atoms with Crippen LogP contribution in [0.25, 0.3) is 22.7 Å². The largest absolute Gasteiger partial charge is 0.274 e. The minimum atomic E-state index is -0.0148. The Morgan fingerprint density at radius 1 is 0.857 bits per heavy atom. The van der Waals surface area contributed by atoms with E-state index in [1.807, 2.05) is 79.7 Å². The topological polar surface area (TPSA) is 33.2 Å². The lowest BCUT2D eigenvalue weighted by atomic mass is 10.0. The van der Waals surface area contributed by atoms with Gasteiger partial charge in [-0.15, -0.1) is 0 Å². The molecule has 4 aromatic rings. The second-order valence-corrected chi connectivity index (χ2v) is 6.98. The molecular weight excluding hydrogens is 344 g/mol. The van der Waals surface area contributed by atoms with Crippen LogP contribution in [-0.2, 0) is 0 Å². The summed E-state index contributed by atoms with van der Waals surface area (Å²) in [6, 6.07) is 26.0. The van der Waals surface area contributed by atoms with E-state index in [9.17, 15) is 4.79 Å². The molecule has 0 atom stereocenters. The zero-order valence-electron chi connectivity index (χ0n) is 15.5. The molecule has 1 aliphatic heterocycles. The van der Waals surface area contributed by atoms with Crippen LogP contribution in [0.15, 0.2) is 85.1 Å². The van der Waals surface area contributed by atoms with Crippen LogP contribution < -0.4 is 4.90 Å². The van der Waals surface area contributed by atoms with Crippen LogP contribution in [0, 0.1) is 6.92 Å². The first-order valence-electron chi connectivity index (χ1n) is 9.28. The molecule has 0 saturated carbocycles. The maximum atomic E-state index is 13.5. The Labute approximate surface area is 163 Å². The van der Waals surface area contributed by atoms with Crippen LogP contribution in [0.2, 0.25) is 0 Å². The molecule has 0 radical (unpaired) electrons. The molecule has 1 aliphatic rings. The molecule has 3 heteroatoms. The minimum absolute atomic E-state index is 0.0148. The molecule has 0 bridgehead atoms. The van der Waals surface area contributed by atoms with Gasteiger partial charge >= 0.3 is 0 Å². The van der Waals surface area contributed by atoms with E-state index in [1.165, 1.54) is 0 Å². The highest BCUT2D eigenvalue weighted by molar-refractivity contribution is 6.26. The summed E-state index contributed by atoms with van der Waals surface area (Å²) in [5.74, 6) is -0.0148. The summed E-state index contributed by atoms with van der Waals surface area (Å²) in [6.45, 7) is 2.01. The average Bonchev–Trinajstić information content (AvgIpc) is 2.99. The van der Waals surface area contributed by atoms with Gasteiger partial charge in [-0.2, -0.15) is 0 Å². The first kappa shape index (κ1) is 16.5. The number of aromatic nitrogens is 1. The summed E-state index contributed by atoms with van der Waals surface area (Å²) >= 11 is 0. The van der Waals surface area contributed by atoms with Crippen molar-refractivity contribution < 1.29 is 4.79 Å². The average molecular weight is 362 g/mol. The first-order chi connectivity index (χ1) is 13.7. The Hall–Kier alpha value is -3.72. The van der Waals surface area contributed by atoms with E-state index in [1.54, 1.807) is 11.1 Å². The highest BCUT2D eigenvalue weighted by Gasteiger charge is 2.34. The molecule has 134 valence electrons. The number of rotatable bonds is 2. The van der Waals surface area contributed by atoms with Crippen molar-refractivity contribution in [1.82, 2.24) is 4.98 Å². The number of aryl methyl sites for hydroxylation is 1. The Morgan fingerprint density at radius 3 is 2.54 bits per heavy atom. The van der Waals surface area contributed by atoms with Crippen molar-refractivity contribution in [3.8, 4) is 0 Å². The summed E-state index contributed by atoms with van der Waals surface area (Å²) in [6.07, 6.45) is 3.84. The van der Waals surface area contributed by atoms with E-state index in [4.69, 9.17) is 0 Å². The normalized spacial score (nSPS) is 14.7. The monoisotopic (exact) mass is 362 g/mol. The van der Waals surface area contributed by atoms with Gasteiger partial charge in [-0.3, -0.25) is 14.7 Å². The van der Waals surface area contributed by atoms with Crippen LogP contribution in [0.1, 0.15) is 27.0 Å². The molecular formula is C25H18N2O. The fraction of sp³-hybridized carbons (Fsp3) is 0.0400. The lowest BCUT2D eigenvalue weighted by Gasteiger charge is -2.20. The van der Waals surface area contributed by atoms with E-state index < -0.39 is 0 Å². The third kappa shape index (κ3) is 2.60. The van der Waals surface area contributed by atoms with Crippen molar-refractivity contribution in [2.75, 3.05) is 4.90 Å². The second-order valence-electron chi connectivity index (χ2n) is 6.98. The molecule has 0 saturated heterocycles. The first-order valence-corrected chi connectivity index (χ1v) is 9.28. The third-order valence-electron chi connectivity index (χ3n) is 5.08. The van der Waals surface area contributed by atoms with Crippen molar-refractivity contribution >= 4 is 34.3 Å². The summed E-state index contributed by atoms with van der Waals surface area (Å²) in [5.41, 5.74) is 6.31. The lowest BCUT2D eigenvalue weighted by molar-refractivity contribution is 0.101. The van der Waals surface area contributed by atoms with Gasteiger partial charge in [-0.1, -0.05) is 66.2 Å². The van der Waals surface area contributed by atoms with E-state index in [-0.39, 0.29) is 5.91 Å². The van der Waals surface area contributed by atoms with Crippen molar-refractivity contribution in [3.63, 3.8) is 0 Å². The van der Waals surface area contributed by atoms with Gasteiger partial charge in [0.25, 0.3) is 5.91 Å². The van der Waals surface area contributed by atoms with Crippen molar-refractivity contribution in [2.24, 2.45) is 0 Å². The molecule has 2 heterocycles. The summed E-state index contributed by atoms with van der Waals surface area (Å²) in [5, 5.41) is 1.01. The Balaban J connectivity index is 1.78. The van der Waals surface area contributed by atoms with Crippen LogP contribution in [0.4, 0.5) is 5.69 Å². The van der Waals surface area contributed by atoms with Gasteiger partial charge in [0.2, 0.25) is 0 Å².